The van der Waals surface area contributed by atoms with Gasteiger partial charge in [0.1, 0.15) is 0 Å². The van der Waals surface area contributed by atoms with Gasteiger partial charge in [-0.1, -0.05) is 23.6 Å². The Morgan fingerprint density at radius 3 is 2.88 bits per heavy atom. The summed E-state index contributed by atoms with van der Waals surface area (Å²) in [6.07, 6.45) is 2.86. The fourth-order valence-electron chi connectivity index (χ4n) is 0.939. The molecule has 1 rings (SSSR count). The van der Waals surface area contributed by atoms with Crippen molar-refractivity contribution in [2.75, 3.05) is 6.26 Å². The Morgan fingerprint density at radius 1 is 1.59 bits per heavy atom. The van der Waals surface area contributed by atoms with Crippen LogP contribution >= 0.6 is 11.8 Å². The highest BCUT2D eigenvalue weighted by atomic mass is 32.2. The summed E-state index contributed by atoms with van der Waals surface area (Å²) < 4.78 is 0. The van der Waals surface area contributed by atoms with Crippen LogP contribution < -0.4 is 10.8 Å². The number of nitrogens with two attached hydrogens (primary N) is 1. The quantitative estimate of drug-likeness (QED) is 0.368. The third-order valence-electron chi connectivity index (χ3n) is 1.77. The van der Waals surface area contributed by atoms with E-state index >= 15 is 0 Å². The molecule has 0 radical (unpaired) electrons. The van der Waals surface area contributed by atoms with E-state index in [0.717, 1.165) is 24.4 Å². The van der Waals surface area contributed by atoms with Crippen LogP contribution in [0.3, 0.4) is 0 Å². The summed E-state index contributed by atoms with van der Waals surface area (Å²) in [6, 6.07) is 3.39. The first-order valence-corrected chi connectivity index (χ1v) is 5.63. The highest BCUT2D eigenvalue weighted by molar-refractivity contribution is 8.13. The molecule has 0 bridgehead atoms. The van der Waals surface area contributed by atoms with Crippen LogP contribution in [-0.4, -0.2) is 22.6 Å². The Morgan fingerprint density at radius 2 is 2.29 bits per heavy atom. The van der Waals surface area contributed by atoms with Gasteiger partial charge in [-0.3, -0.25) is 10.1 Å². The smallest absolute Gasteiger partial charge is 0.270 e. The van der Waals surface area contributed by atoms with Gasteiger partial charge < -0.3 is 10.8 Å². The van der Waals surface area contributed by atoms with Gasteiger partial charge in [-0.25, -0.2) is 0 Å². The number of nitro groups is 1. The van der Waals surface area contributed by atoms with Crippen LogP contribution in [0.15, 0.2) is 28.4 Å². The van der Waals surface area contributed by atoms with Gasteiger partial charge in [0.25, 0.3) is 5.69 Å². The second kappa shape index (κ2) is 5.85. The zero-order chi connectivity index (χ0) is 12.8. The van der Waals surface area contributed by atoms with E-state index in [1.165, 1.54) is 11.8 Å². The monoisotopic (exact) mass is 253 g/mol. The van der Waals surface area contributed by atoms with E-state index in [2.05, 4.69) is 10.2 Å². The van der Waals surface area contributed by atoms with Crippen molar-refractivity contribution in [1.29, 1.82) is 0 Å². The third kappa shape index (κ3) is 3.76. The lowest BCUT2D eigenvalue weighted by molar-refractivity contribution is -0.385. The van der Waals surface area contributed by atoms with E-state index in [9.17, 15) is 15.2 Å². The molecular formula is C9H9N4O3S-. The second-order valence-corrected chi connectivity index (χ2v) is 3.69. The van der Waals surface area contributed by atoms with Crippen molar-refractivity contribution in [3.63, 3.8) is 0 Å². The topological polar surface area (TPSA) is 117 Å². The molecule has 1 aromatic rings. The van der Waals surface area contributed by atoms with Gasteiger partial charge in [-0.15, -0.1) is 5.10 Å². The van der Waals surface area contributed by atoms with E-state index in [0.29, 0.717) is 0 Å². The van der Waals surface area contributed by atoms with Crippen LogP contribution in [0, 0.1) is 10.1 Å². The summed E-state index contributed by atoms with van der Waals surface area (Å²) in [5.41, 5.74) is 5.29. The number of non-ortho nitro benzene ring substituents is 1. The van der Waals surface area contributed by atoms with Crippen LogP contribution in [0.2, 0.25) is 0 Å². The SMILES string of the molecule is CS/C(N)=N/N=C\c1cc([N+](=O)[O-])ccc1[O-]. The highest BCUT2D eigenvalue weighted by Crippen LogP contribution is 2.19. The number of hydrogen-bond donors (Lipinski definition) is 1. The van der Waals surface area contributed by atoms with E-state index < -0.39 is 4.92 Å². The van der Waals surface area contributed by atoms with Crippen LogP contribution in [-0.2, 0) is 0 Å². The zero-order valence-electron chi connectivity index (χ0n) is 8.86. The fourth-order valence-corrected chi connectivity index (χ4v) is 1.07. The molecule has 0 aliphatic heterocycles. The maximum atomic E-state index is 11.3. The number of rotatable bonds is 3. The minimum absolute atomic E-state index is 0.0943. The molecule has 17 heavy (non-hydrogen) atoms. The maximum Gasteiger partial charge on any atom is 0.270 e. The molecule has 0 aromatic heterocycles. The van der Waals surface area contributed by atoms with Crippen molar-refractivity contribution in [3.05, 3.63) is 33.9 Å². The Kier molecular flexibility index (Phi) is 4.46. The second-order valence-electron chi connectivity index (χ2n) is 2.87. The lowest BCUT2D eigenvalue weighted by Crippen LogP contribution is -2.04. The molecule has 0 heterocycles. The van der Waals surface area contributed by atoms with Crippen LogP contribution in [0.1, 0.15) is 5.56 Å². The van der Waals surface area contributed by atoms with Gasteiger partial charge in [0.05, 0.1) is 11.1 Å². The molecule has 0 aliphatic rings. The average molecular weight is 253 g/mol. The summed E-state index contributed by atoms with van der Waals surface area (Å²) in [6.45, 7) is 0. The number of hydrogen-bond acceptors (Lipinski definition) is 6. The zero-order valence-corrected chi connectivity index (χ0v) is 9.68. The Labute approximate surface area is 101 Å². The third-order valence-corrected chi connectivity index (χ3v) is 2.27. The molecule has 0 saturated heterocycles. The summed E-state index contributed by atoms with van der Waals surface area (Å²) >= 11 is 1.20. The van der Waals surface area contributed by atoms with E-state index in [-0.39, 0.29) is 22.2 Å². The van der Waals surface area contributed by atoms with Crippen molar-refractivity contribution >= 4 is 28.8 Å². The van der Waals surface area contributed by atoms with Gasteiger partial charge in [0.15, 0.2) is 5.17 Å². The van der Waals surface area contributed by atoms with Crippen molar-refractivity contribution in [2.45, 2.75) is 0 Å². The molecule has 0 aliphatic carbocycles. The Balaban J connectivity index is 2.98. The van der Waals surface area contributed by atoms with Crippen LogP contribution in [0.4, 0.5) is 5.69 Å². The van der Waals surface area contributed by atoms with Crippen LogP contribution in [0.25, 0.3) is 0 Å². The molecule has 0 amide bonds. The van der Waals surface area contributed by atoms with Crippen molar-refractivity contribution in [2.24, 2.45) is 15.9 Å². The predicted octanol–water partition coefficient (Wildman–Crippen LogP) is 0.680. The minimum Gasteiger partial charge on any atom is -0.872 e. The van der Waals surface area contributed by atoms with Gasteiger partial charge in [0.2, 0.25) is 0 Å². The molecule has 0 fully saturated rings. The normalized spacial score (nSPS) is 11.9. The molecular weight excluding hydrogens is 244 g/mol. The summed E-state index contributed by atoms with van der Waals surface area (Å²) in [7, 11) is 0. The fraction of sp³-hybridized carbons (Fsp3) is 0.111. The van der Waals surface area contributed by atoms with Crippen LogP contribution in [0.5, 0.6) is 5.75 Å². The van der Waals surface area contributed by atoms with E-state index in [1.54, 1.807) is 6.26 Å². The molecule has 0 spiro atoms. The lowest BCUT2D eigenvalue weighted by atomic mass is 10.2. The molecule has 1 aromatic carbocycles. The number of nitrogens with zero attached hydrogens (tertiary/aromatic N) is 3. The Hall–Kier alpha value is -2.09. The number of thioether (sulfide) groups is 1. The first kappa shape index (κ1) is 13.0. The number of nitro benzene ring substituents is 1. The molecule has 0 saturated carbocycles. The summed E-state index contributed by atoms with van der Waals surface area (Å²) in [5, 5.41) is 29.2. The molecule has 90 valence electrons. The van der Waals surface area contributed by atoms with E-state index in [1.807, 2.05) is 0 Å². The lowest BCUT2D eigenvalue weighted by Gasteiger charge is -2.07. The van der Waals surface area contributed by atoms with Gasteiger partial charge >= 0.3 is 0 Å². The number of amidine groups is 1. The first-order chi connectivity index (χ1) is 8.04. The standard InChI is InChI=1S/C9H10N4O3S/c1-17-9(10)12-11-5-6-4-7(13(15)16)2-3-8(6)14/h2-5,14H,1H3,(H2,10,12)/p-1/b11-5-. The average Bonchev–Trinajstić information content (AvgIpc) is 2.30. The predicted molar refractivity (Wildman–Crippen MR) is 65.3 cm³/mol. The Bertz CT molecular complexity index is 487. The summed E-state index contributed by atoms with van der Waals surface area (Å²) in [5.74, 6) is -0.364. The molecule has 0 unspecified atom stereocenters. The molecule has 2 N–H and O–H groups in total. The largest absolute Gasteiger partial charge is 0.872 e. The van der Waals surface area contributed by atoms with Crippen molar-refractivity contribution in [3.8, 4) is 5.75 Å². The van der Waals surface area contributed by atoms with Crippen molar-refractivity contribution < 1.29 is 10.0 Å². The van der Waals surface area contributed by atoms with Gasteiger partial charge in [-0.2, -0.15) is 5.10 Å². The first-order valence-electron chi connectivity index (χ1n) is 4.40. The van der Waals surface area contributed by atoms with Gasteiger partial charge in [-0.05, 0) is 11.8 Å². The highest BCUT2D eigenvalue weighted by Gasteiger charge is 2.05. The molecule has 0 atom stereocenters. The maximum absolute atomic E-state index is 11.3. The molecule has 8 heteroatoms. The summed E-state index contributed by atoms with van der Waals surface area (Å²) in [4.78, 5) is 9.91. The number of benzene rings is 1. The van der Waals surface area contributed by atoms with Gasteiger partial charge in [0, 0.05) is 12.1 Å². The van der Waals surface area contributed by atoms with E-state index in [4.69, 9.17) is 5.73 Å². The molecule has 7 nitrogen and oxygen atoms in total. The minimum atomic E-state index is -0.587. The van der Waals surface area contributed by atoms with Crippen molar-refractivity contribution in [1.82, 2.24) is 0 Å².